The zero-order chi connectivity index (χ0) is 17.8. The topological polar surface area (TPSA) is 32.3 Å². The Morgan fingerprint density at radius 3 is 2.68 bits per heavy atom. The number of nitrogens with one attached hydrogen (secondary N) is 1. The Hall–Kier alpha value is -1.55. The highest BCUT2D eigenvalue weighted by Gasteiger charge is 2.16. The van der Waals surface area contributed by atoms with E-state index in [2.05, 4.69) is 17.1 Å². The average Bonchev–Trinajstić information content (AvgIpc) is 2.59. The number of carbonyl (C=O) groups is 1. The van der Waals surface area contributed by atoms with Gasteiger partial charge in [0.1, 0.15) is 0 Å². The molecule has 2 aromatic carbocycles. The summed E-state index contributed by atoms with van der Waals surface area (Å²) in [7, 11) is 0. The van der Waals surface area contributed by atoms with Gasteiger partial charge in [-0.2, -0.15) is 0 Å². The maximum Gasteiger partial charge on any atom is 0.255 e. The Morgan fingerprint density at radius 1 is 1.20 bits per heavy atom. The van der Waals surface area contributed by atoms with Gasteiger partial charge in [0.2, 0.25) is 0 Å². The van der Waals surface area contributed by atoms with Crippen LogP contribution in [0.25, 0.3) is 0 Å². The molecule has 0 saturated carbocycles. The van der Waals surface area contributed by atoms with Crippen LogP contribution < -0.4 is 5.32 Å². The molecule has 25 heavy (non-hydrogen) atoms. The summed E-state index contributed by atoms with van der Waals surface area (Å²) in [6.07, 6.45) is 2.59. The molecule has 1 amide bonds. The fourth-order valence-corrected chi connectivity index (χ4v) is 3.57. The molecule has 0 radical (unpaired) electrons. The molecule has 0 unspecified atom stereocenters. The highest BCUT2D eigenvalue weighted by molar-refractivity contribution is 6.35. The predicted octanol–water partition coefficient (Wildman–Crippen LogP) is 5.48. The molecule has 1 saturated heterocycles. The first-order valence-electron chi connectivity index (χ1n) is 8.59. The van der Waals surface area contributed by atoms with E-state index in [1.807, 2.05) is 24.3 Å². The maximum absolute atomic E-state index is 12.4. The first-order valence-corrected chi connectivity index (χ1v) is 9.34. The first kappa shape index (κ1) is 18.2. The SMILES string of the molecule is C[C@@H]1CCCN(Cc2ccc(C(=O)Nc3cc(Cl)ccc3Cl)cc2)C1. The lowest BCUT2D eigenvalue weighted by Crippen LogP contribution is -2.33. The Balaban J connectivity index is 1.63. The van der Waals surface area contributed by atoms with Gasteiger partial charge in [-0.25, -0.2) is 0 Å². The van der Waals surface area contributed by atoms with E-state index in [-0.39, 0.29) is 5.91 Å². The van der Waals surface area contributed by atoms with E-state index in [9.17, 15) is 4.79 Å². The lowest BCUT2D eigenvalue weighted by atomic mass is 9.99. The molecular weight excluding hydrogens is 355 g/mol. The minimum absolute atomic E-state index is 0.192. The van der Waals surface area contributed by atoms with E-state index in [4.69, 9.17) is 23.2 Å². The van der Waals surface area contributed by atoms with Crippen molar-refractivity contribution in [3.8, 4) is 0 Å². The summed E-state index contributed by atoms with van der Waals surface area (Å²) in [5.41, 5.74) is 2.35. The van der Waals surface area contributed by atoms with Crippen molar-refractivity contribution in [2.45, 2.75) is 26.3 Å². The van der Waals surface area contributed by atoms with Crippen molar-refractivity contribution < 1.29 is 4.79 Å². The number of amides is 1. The number of benzene rings is 2. The van der Waals surface area contributed by atoms with Crippen LogP contribution in [0, 0.1) is 5.92 Å². The number of hydrogen-bond acceptors (Lipinski definition) is 2. The summed E-state index contributed by atoms with van der Waals surface area (Å²) in [4.78, 5) is 14.9. The molecule has 132 valence electrons. The monoisotopic (exact) mass is 376 g/mol. The normalized spacial score (nSPS) is 18.1. The Kier molecular flexibility index (Phi) is 6.00. The number of halogens is 2. The quantitative estimate of drug-likeness (QED) is 0.766. The van der Waals surface area contributed by atoms with E-state index < -0.39 is 0 Å². The van der Waals surface area contributed by atoms with Crippen molar-refractivity contribution in [1.82, 2.24) is 4.90 Å². The van der Waals surface area contributed by atoms with Crippen LogP contribution >= 0.6 is 23.2 Å². The molecular formula is C20H22Cl2N2O. The molecule has 0 bridgehead atoms. The summed E-state index contributed by atoms with van der Waals surface area (Å²) in [5, 5.41) is 3.81. The van der Waals surface area contributed by atoms with Crippen molar-refractivity contribution in [3.63, 3.8) is 0 Å². The van der Waals surface area contributed by atoms with Crippen LogP contribution in [0.3, 0.4) is 0 Å². The van der Waals surface area contributed by atoms with Crippen molar-refractivity contribution in [3.05, 3.63) is 63.6 Å². The van der Waals surface area contributed by atoms with Crippen LogP contribution in [0.15, 0.2) is 42.5 Å². The number of hydrogen-bond donors (Lipinski definition) is 1. The van der Waals surface area contributed by atoms with Gasteiger partial charge in [-0.3, -0.25) is 9.69 Å². The van der Waals surface area contributed by atoms with E-state index in [0.717, 1.165) is 25.6 Å². The third-order valence-corrected chi connectivity index (χ3v) is 5.10. The van der Waals surface area contributed by atoms with E-state index in [0.29, 0.717) is 21.3 Å². The van der Waals surface area contributed by atoms with Gasteiger partial charge in [0.25, 0.3) is 5.91 Å². The fourth-order valence-electron chi connectivity index (χ4n) is 3.24. The minimum Gasteiger partial charge on any atom is -0.321 e. The number of rotatable bonds is 4. The molecule has 0 aromatic heterocycles. The molecule has 3 nitrogen and oxygen atoms in total. The van der Waals surface area contributed by atoms with Gasteiger partial charge in [0.05, 0.1) is 10.7 Å². The van der Waals surface area contributed by atoms with Gasteiger partial charge < -0.3 is 5.32 Å². The summed E-state index contributed by atoms with van der Waals surface area (Å²) >= 11 is 12.0. The van der Waals surface area contributed by atoms with E-state index in [1.165, 1.54) is 18.4 Å². The second-order valence-corrected chi connectivity index (χ2v) is 7.60. The van der Waals surface area contributed by atoms with Crippen LogP contribution in [0.5, 0.6) is 0 Å². The Bertz CT molecular complexity index is 746. The molecule has 3 rings (SSSR count). The van der Waals surface area contributed by atoms with Crippen LogP contribution in [0.2, 0.25) is 10.0 Å². The summed E-state index contributed by atoms with van der Waals surface area (Å²) in [6.45, 7) is 5.54. The molecule has 0 spiro atoms. The molecule has 2 aromatic rings. The second kappa shape index (κ2) is 8.22. The minimum atomic E-state index is -0.192. The van der Waals surface area contributed by atoms with Crippen LogP contribution in [0.1, 0.15) is 35.7 Å². The van der Waals surface area contributed by atoms with Gasteiger partial charge in [0, 0.05) is 23.7 Å². The van der Waals surface area contributed by atoms with E-state index in [1.54, 1.807) is 18.2 Å². The zero-order valence-electron chi connectivity index (χ0n) is 14.3. The number of anilines is 1. The number of nitrogens with zero attached hydrogens (tertiary/aromatic N) is 1. The molecule has 1 aliphatic heterocycles. The second-order valence-electron chi connectivity index (χ2n) is 6.76. The average molecular weight is 377 g/mol. The largest absolute Gasteiger partial charge is 0.321 e. The first-order chi connectivity index (χ1) is 12.0. The maximum atomic E-state index is 12.4. The van der Waals surface area contributed by atoms with Crippen molar-refractivity contribution >= 4 is 34.8 Å². The van der Waals surface area contributed by atoms with Crippen molar-refractivity contribution in [2.75, 3.05) is 18.4 Å². The molecule has 0 aliphatic carbocycles. The smallest absolute Gasteiger partial charge is 0.255 e. The van der Waals surface area contributed by atoms with Gasteiger partial charge >= 0.3 is 0 Å². The highest BCUT2D eigenvalue weighted by Crippen LogP contribution is 2.26. The molecule has 1 N–H and O–H groups in total. The fraction of sp³-hybridized carbons (Fsp3) is 0.350. The summed E-state index contributed by atoms with van der Waals surface area (Å²) in [5.74, 6) is 0.573. The van der Waals surface area contributed by atoms with Gasteiger partial charge in [-0.05, 0) is 61.2 Å². The number of carbonyl (C=O) groups excluding carboxylic acids is 1. The van der Waals surface area contributed by atoms with Crippen LogP contribution in [-0.2, 0) is 6.54 Å². The summed E-state index contributed by atoms with van der Waals surface area (Å²) < 4.78 is 0. The predicted molar refractivity (Wildman–Crippen MR) is 105 cm³/mol. The number of likely N-dealkylation sites (tertiary alicyclic amines) is 1. The third kappa shape index (κ3) is 4.97. The lowest BCUT2D eigenvalue weighted by molar-refractivity contribution is 0.102. The molecule has 5 heteroatoms. The molecule has 1 heterocycles. The van der Waals surface area contributed by atoms with Crippen LogP contribution in [-0.4, -0.2) is 23.9 Å². The van der Waals surface area contributed by atoms with E-state index >= 15 is 0 Å². The van der Waals surface area contributed by atoms with Crippen LogP contribution in [0.4, 0.5) is 5.69 Å². The standard InChI is InChI=1S/C20H22Cl2N2O/c1-14-3-2-10-24(12-14)13-15-4-6-16(7-5-15)20(25)23-19-11-17(21)8-9-18(19)22/h4-9,11,14H,2-3,10,12-13H2,1H3,(H,23,25)/t14-/m1/s1. The lowest BCUT2D eigenvalue weighted by Gasteiger charge is -2.30. The molecule has 1 atom stereocenters. The van der Waals surface area contributed by atoms with Gasteiger partial charge in [-0.1, -0.05) is 42.3 Å². The summed E-state index contributed by atoms with van der Waals surface area (Å²) in [6, 6.07) is 12.8. The zero-order valence-corrected chi connectivity index (χ0v) is 15.8. The number of piperidine rings is 1. The molecule has 1 aliphatic rings. The van der Waals surface area contributed by atoms with Crippen molar-refractivity contribution in [2.24, 2.45) is 5.92 Å². The van der Waals surface area contributed by atoms with Crippen molar-refractivity contribution in [1.29, 1.82) is 0 Å². The Morgan fingerprint density at radius 2 is 1.96 bits per heavy atom. The Labute approximate surface area is 158 Å². The van der Waals surface area contributed by atoms with Gasteiger partial charge in [-0.15, -0.1) is 0 Å². The highest BCUT2D eigenvalue weighted by atomic mass is 35.5. The third-order valence-electron chi connectivity index (χ3n) is 4.54. The van der Waals surface area contributed by atoms with Gasteiger partial charge in [0.15, 0.2) is 0 Å². The molecule has 1 fully saturated rings.